The minimum absolute atomic E-state index is 0.285. The Morgan fingerprint density at radius 2 is 1.81 bits per heavy atom. The predicted molar refractivity (Wildman–Crippen MR) is 113 cm³/mol. The van der Waals surface area contributed by atoms with Gasteiger partial charge in [-0.05, 0) is 55.6 Å². The van der Waals surface area contributed by atoms with Crippen LogP contribution >= 0.6 is 32.9 Å². The smallest absolute Gasteiger partial charge is 0.120 e. The summed E-state index contributed by atoms with van der Waals surface area (Å²) < 4.78 is 0.956. The molecule has 26 heavy (non-hydrogen) atoms. The van der Waals surface area contributed by atoms with Gasteiger partial charge in [0.05, 0.1) is 4.88 Å². The van der Waals surface area contributed by atoms with Gasteiger partial charge in [-0.3, -0.25) is 4.90 Å². The van der Waals surface area contributed by atoms with Crippen LogP contribution in [0.1, 0.15) is 24.0 Å². The maximum atomic E-state index is 10.3. The van der Waals surface area contributed by atoms with Gasteiger partial charge in [0.1, 0.15) is 9.57 Å². The van der Waals surface area contributed by atoms with Crippen molar-refractivity contribution in [3.8, 4) is 16.2 Å². The van der Waals surface area contributed by atoms with E-state index < -0.39 is 0 Å². The first kappa shape index (κ1) is 19.9. The van der Waals surface area contributed by atoms with Crippen LogP contribution in [0.2, 0.25) is 0 Å². The molecule has 2 aromatic rings. The first-order valence-corrected chi connectivity index (χ1v) is 11.6. The van der Waals surface area contributed by atoms with Crippen molar-refractivity contribution >= 4 is 32.9 Å². The van der Waals surface area contributed by atoms with E-state index in [2.05, 4.69) is 22.8 Å². The number of piperazine rings is 1. The highest BCUT2D eigenvalue weighted by Crippen LogP contribution is 2.36. The number of aromatic hydroxyl groups is 1. The molecule has 0 unspecified atom stereocenters. The summed E-state index contributed by atoms with van der Waals surface area (Å²) in [5.74, 6) is 0.371. The zero-order chi connectivity index (χ0) is 18.5. The van der Waals surface area contributed by atoms with Crippen molar-refractivity contribution in [1.82, 2.24) is 9.80 Å². The minimum Gasteiger partial charge on any atom is -0.508 e. The number of phenols is 1. The Labute approximate surface area is 167 Å². The Morgan fingerprint density at radius 3 is 2.46 bits per heavy atom. The fourth-order valence-electron chi connectivity index (χ4n) is 3.27. The van der Waals surface area contributed by atoms with Gasteiger partial charge in [-0.25, -0.2) is 0 Å². The summed E-state index contributed by atoms with van der Waals surface area (Å²) in [5, 5.41) is 19.2. The highest BCUT2D eigenvalue weighted by atomic mass is 32.9. The molecule has 0 aliphatic carbocycles. The van der Waals surface area contributed by atoms with E-state index >= 15 is 0 Å². The van der Waals surface area contributed by atoms with E-state index in [0.717, 1.165) is 67.1 Å². The van der Waals surface area contributed by atoms with E-state index in [-0.39, 0.29) is 6.61 Å². The lowest BCUT2D eigenvalue weighted by Gasteiger charge is -2.34. The van der Waals surface area contributed by atoms with Crippen LogP contribution in [0.3, 0.4) is 0 Å². The molecule has 4 nitrogen and oxygen atoms in total. The standard InChI is InChI=1S/C19H26N2O2S3/c1-14-18(25-26-19(14)24)15-4-5-17(23)16(12-15)13-21-9-7-20(8-10-21)6-2-3-11-22/h4-5,12,22-23H,2-3,6-11,13H2,1H3. The van der Waals surface area contributed by atoms with E-state index in [4.69, 9.17) is 17.3 Å². The SMILES string of the molecule is Cc1c(-c2ccc(O)c(CN3CCN(CCCCO)CC3)c2)ssc1=S. The molecule has 0 radical (unpaired) electrons. The van der Waals surface area contributed by atoms with Crippen LogP contribution in [0.4, 0.5) is 0 Å². The Balaban J connectivity index is 1.63. The summed E-state index contributed by atoms with van der Waals surface area (Å²) in [4.78, 5) is 6.09. The minimum atomic E-state index is 0.285. The van der Waals surface area contributed by atoms with Crippen LogP contribution in [-0.4, -0.2) is 59.3 Å². The van der Waals surface area contributed by atoms with Crippen LogP contribution in [0, 0.1) is 10.7 Å². The van der Waals surface area contributed by atoms with Gasteiger partial charge >= 0.3 is 0 Å². The zero-order valence-corrected chi connectivity index (χ0v) is 17.6. The van der Waals surface area contributed by atoms with Gasteiger partial charge in [-0.2, -0.15) is 0 Å². The highest BCUT2D eigenvalue weighted by molar-refractivity contribution is 7.80. The summed E-state index contributed by atoms with van der Waals surface area (Å²) >= 11 is 5.37. The summed E-state index contributed by atoms with van der Waals surface area (Å²) in [6.07, 6.45) is 1.95. The topological polar surface area (TPSA) is 46.9 Å². The molecule has 0 bridgehead atoms. The molecule has 1 aromatic heterocycles. The fraction of sp³-hybridized carbons (Fsp3) is 0.526. The summed E-state index contributed by atoms with van der Waals surface area (Å²) in [6.45, 7) is 8.34. The van der Waals surface area contributed by atoms with Crippen molar-refractivity contribution in [3.63, 3.8) is 0 Å². The Hall–Kier alpha value is -0.830. The maximum Gasteiger partial charge on any atom is 0.120 e. The second kappa shape index (κ2) is 9.39. The van der Waals surface area contributed by atoms with E-state index in [0.29, 0.717) is 5.75 Å². The second-order valence-corrected chi connectivity index (χ2v) is 9.62. The van der Waals surface area contributed by atoms with E-state index in [1.54, 1.807) is 20.7 Å². The predicted octanol–water partition coefficient (Wildman–Crippen LogP) is 4.11. The zero-order valence-electron chi connectivity index (χ0n) is 15.1. The van der Waals surface area contributed by atoms with Gasteiger partial charge < -0.3 is 15.1 Å². The summed E-state index contributed by atoms with van der Waals surface area (Å²) in [7, 11) is 3.36. The molecule has 0 saturated carbocycles. The van der Waals surface area contributed by atoms with Gasteiger partial charge in [-0.1, -0.05) is 32.9 Å². The van der Waals surface area contributed by atoms with Gasteiger partial charge in [0.2, 0.25) is 0 Å². The number of rotatable bonds is 7. The lowest BCUT2D eigenvalue weighted by atomic mass is 10.1. The van der Waals surface area contributed by atoms with Crippen LogP contribution < -0.4 is 0 Å². The number of hydrogen-bond acceptors (Lipinski definition) is 7. The molecule has 7 heteroatoms. The fourth-order valence-corrected chi connectivity index (χ4v) is 6.16. The normalized spacial score (nSPS) is 16.2. The molecule has 0 spiro atoms. The molecule has 0 atom stereocenters. The molecule has 1 aliphatic heterocycles. The molecule has 2 heterocycles. The van der Waals surface area contributed by atoms with Gasteiger partial charge in [-0.15, -0.1) is 0 Å². The number of nitrogens with zero attached hydrogens (tertiary/aromatic N) is 2. The molecule has 1 fully saturated rings. The number of unbranched alkanes of at least 4 members (excludes halogenated alkanes) is 1. The Bertz CT molecular complexity index is 779. The lowest BCUT2D eigenvalue weighted by Crippen LogP contribution is -2.46. The third kappa shape index (κ3) is 4.91. The Kier molecular flexibility index (Phi) is 7.19. The molecule has 142 valence electrons. The quantitative estimate of drug-likeness (QED) is 0.409. The molecule has 2 N–H and O–H groups in total. The van der Waals surface area contributed by atoms with Gasteiger partial charge in [0.25, 0.3) is 0 Å². The van der Waals surface area contributed by atoms with Crippen molar-refractivity contribution in [2.75, 3.05) is 39.3 Å². The Morgan fingerprint density at radius 1 is 1.08 bits per heavy atom. The van der Waals surface area contributed by atoms with Crippen molar-refractivity contribution < 1.29 is 10.2 Å². The maximum absolute atomic E-state index is 10.3. The summed E-state index contributed by atoms with van der Waals surface area (Å²) in [5.41, 5.74) is 3.30. The molecular weight excluding hydrogens is 384 g/mol. The van der Waals surface area contributed by atoms with Crippen LogP contribution in [0.15, 0.2) is 18.2 Å². The average Bonchev–Trinajstić information content (AvgIpc) is 2.98. The lowest BCUT2D eigenvalue weighted by molar-refractivity contribution is 0.123. The van der Waals surface area contributed by atoms with Crippen LogP contribution in [0.5, 0.6) is 5.75 Å². The third-order valence-corrected chi connectivity index (χ3v) is 8.30. The molecule has 0 amide bonds. The van der Waals surface area contributed by atoms with E-state index in [1.165, 1.54) is 10.4 Å². The largest absolute Gasteiger partial charge is 0.508 e. The van der Waals surface area contributed by atoms with Crippen molar-refractivity contribution in [1.29, 1.82) is 0 Å². The van der Waals surface area contributed by atoms with Gasteiger partial charge in [0, 0.05) is 44.9 Å². The number of hydrogen-bond donors (Lipinski definition) is 2. The van der Waals surface area contributed by atoms with Crippen molar-refractivity contribution in [2.24, 2.45) is 0 Å². The summed E-state index contributed by atoms with van der Waals surface area (Å²) in [6, 6.07) is 5.91. The number of phenolic OH excluding ortho intramolecular Hbond substituents is 1. The third-order valence-electron chi connectivity index (χ3n) is 4.93. The molecule has 1 aliphatic rings. The monoisotopic (exact) mass is 410 g/mol. The van der Waals surface area contributed by atoms with Crippen molar-refractivity contribution in [2.45, 2.75) is 26.3 Å². The van der Waals surface area contributed by atoms with Crippen LogP contribution in [-0.2, 0) is 6.54 Å². The van der Waals surface area contributed by atoms with Gasteiger partial charge in [0.15, 0.2) is 0 Å². The van der Waals surface area contributed by atoms with Crippen molar-refractivity contribution in [3.05, 3.63) is 33.1 Å². The molecule has 3 rings (SSSR count). The van der Waals surface area contributed by atoms with Crippen LogP contribution in [0.25, 0.3) is 10.4 Å². The first-order valence-electron chi connectivity index (χ1n) is 9.06. The molecule has 1 aromatic carbocycles. The molecular formula is C19H26N2O2S3. The van der Waals surface area contributed by atoms with E-state index in [9.17, 15) is 5.11 Å². The number of aliphatic hydroxyl groups excluding tert-OH is 1. The second-order valence-electron chi connectivity index (χ2n) is 6.80. The average molecular weight is 411 g/mol. The number of benzene rings is 1. The van der Waals surface area contributed by atoms with E-state index in [1.807, 2.05) is 12.1 Å². The first-order chi connectivity index (χ1) is 12.6. The number of aliphatic hydroxyl groups is 1. The molecule has 1 saturated heterocycles. The highest BCUT2D eigenvalue weighted by Gasteiger charge is 2.18.